The minimum atomic E-state index is -0.295. The first-order chi connectivity index (χ1) is 16.6. The van der Waals surface area contributed by atoms with Crippen molar-refractivity contribution >= 4 is 34.5 Å². The van der Waals surface area contributed by atoms with Gasteiger partial charge in [-0.05, 0) is 60.7 Å². The Morgan fingerprint density at radius 1 is 1.09 bits per heavy atom. The first kappa shape index (κ1) is 23.9. The maximum absolute atomic E-state index is 13.0. The van der Waals surface area contributed by atoms with E-state index in [1.165, 1.54) is 4.88 Å². The fourth-order valence-electron chi connectivity index (χ4n) is 3.94. The normalized spacial score (nSPS) is 15.3. The number of amides is 2. The first-order valence-corrected chi connectivity index (χ1v) is 12.2. The lowest BCUT2D eigenvalue weighted by atomic mass is 10.1. The van der Waals surface area contributed by atoms with Crippen LogP contribution in [0, 0.1) is 0 Å². The minimum absolute atomic E-state index is 0.148. The van der Waals surface area contributed by atoms with Gasteiger partial charge < -0.3 is 20.1 Å². The van der Waals surface area contributed by atoms with Crippen LogP contribution < -0.4 is 15.4 Å². The highest BCUT2D eigenvalue weighted by atomic mass is 32.1. The average Bonchev–Trinajstić information content (AvgIpc) is 3.54. The molecule has 1 aliphatic heterocycles. The number of methoxy groups -OCH3 is 1. The molecule has 1 saturated heterocycles. The van der Waals surface area contributed by atoms with Gasteiger partial charge in [0.1, 0.15) is 5.75 Å². The summed E-state index contributed by atoms with van der Waals surface area (Å²) in [5.41, 5.74) is 1.52. The molecule has 178 valence electrons. The molecule has 2 heterocycles. The van der Waals surface area contributed by atoms with Gasteiger partial charge in [0.25, 0.3) is 5.91 Å². The summed E-state index contributed by atoms with van der Waals surface area (Å²) in [5.74, 6) is 0.246. The molecular formula is C26H29N3O4S. The number of carbonyl (C=O) groups is 2. The molecule has 0 spiro atoms. The van der Waals surface area contributed by atoms with Crippen molar-refractivity contribution in [3.63, 3.8) is 0 Å². The highest BCUT2D eigenvalue weighted by molar-refractivity contribution is 7.09. The molecule has 0 radical (unpaired) electrons. The number of benzene rings is 2. The third-order valence-electron chi connectivity index (χ3n) is 5.61. The number of thiophene rings is 1. The zero-order chi connectivity index (χ0) is 23.8. The number of nitrogens with zero attached hydrogens (tertiary/aromatic N) is 1. The maximum atomic E-state index is 13.0. The molecule has 7 nitrogen and oxygen atoms in total. The maximum Gasteiger partial charge on any atom is 0.257 e. The van der Waals surface area contributed by atoms with Crippen LogP contribution in [0.1, 0.15) is 28.1 Å². The van der Waals surface area contributed by atoms with E-state index in [1.54, 1.807) is 67.0 Å². The molecule has 1 fully saturated rings. The van der Waals surface area contributed by atoms with Gasteiger partial charge in [0.05, 0.1) is 31.0 Å². The van der Waals surface area contributed by atoms with E-state index in [1.807, 2.05) is 11.4 Å². The fourth-order valence-corrected chi connectivity index (χ4v) is 4.69. The summed E-state index contributed by atoms with van der Waals surface area (Å²) in [5, 5.41) is 7.84. The quantitative estimate of drug-likeness (QED) is 0.443. The molecule has 1 aromatic heterocycles. The molecule has 1 atom stereocenters. The Hall–Kier alpha value is -3.20. The van der Waals surface area contributed by atoms with Gasteiger partial charge in [0.2, 0.25) is 5.91 Å². The van der Waals surface area contributed by atoms with Gasteiger partial charge in [-0.15, -0.1) is 11.3 Å². The van der Waals surface area contributed by atoms with Crippen LogP contribution >= 0.6 is 11.3 Å². The number of rotatable bonds is 10. The highest BCUT2D eigenvalue weighted by Gasteiger charge is 2.22. The molecule has 0 unspecified atom stereocenters. The summed E-state index contributed by atoms with van der Waals surface area (Å²) < 4.78 is 10.9. The number of anilines is 2. The number of ether oxygens (including phenoxy) is 2. The Balaban J connectivity index is 1.41. The lowest BCUT2D eigenvalue weighted by Crippen LogP contribution is -2.38. The molecule has 4 rings (SSSR count). The number of hydrogen-bond donors (Lipinski definition) is 2. The topological polar surface area (TPSA) is 79.9 Å². The van der Waals surface area contributed by atoms with E-state index in [0.717, 1.165) is 19.4 Å². The molecule has 0 saturated carbocycles. The number of hydrogen-bond acceptors (Lipinski definition) is 6. The van der Waals surface area contributed by atoms with Crippen molar-refractivity contribution in [2.24, 2.45) is 0 Å². The van der Waals surface area contributed by atoms with E-state index in [2.05, 4.69) is 21.6 Å². The van der Waals surface area contributed by atoms with E-state index in [-0.39, 0.29) is 24.5 Å². The smallest absolute Gasteiger partial charge is 0.257 e. The van der Waals surface area contributed by atoms with Crippen molar-refractivity contribution in [3.8, 4) is 5.75 Å². The predicted octanol–water partition coefficient (Wildman–Crippen LogP) is 4.63. The SMILES string of the molecule is COc1ccc(NC(=O)c2ccccc2NC(=O)CN(Cc2cccs2)C[C@@H]2CCCO2)cc1. The second kappa shape index (κ2) is 11.8. The summed E-state index contributed by atoms with van der Waals surface area (Å²) >= 11 is 1.67. The van der Waals surface area contributed by atoms with Gasteiger partial charge >= 0.3 is 0 Å². The van der Waals surface area contributed by atoms with Crippen LogP contribution in [0.25, 0.3) is 0 Å². The Bertz CT molecular complexity index is 1080. The van der Waals surface area contributed by atoms with Crippen molar-refractivity contribution in [3.05, 3.63) is 76.5 Å². The van der Waals surface area contributed by atoms with Crippen LogP contribution in [0.15, 0.2) is 66.0 Å². The third-order valence-corrected chi connectivity index (χ3v) is 6.47. The van der Waals surface area contributed by atoms with Crippen molar-refractivity contribution < 1.29 is 19.1 Å². The minimum Gasteiger partial charge on any atom is -0.497 e. The molecule has 1 aliphatic rings. The van der Waals surface area contributed by atoms with E-state index >= 15 is 0 Å². The standard InChI is InChI=1S/C26H29N3O4S/c1-32-20-12-10-19(11-13-20)27-26(31)23-8-2-3-9-24(23)28-25(30)18-29(16-21-6-4-14-33-21)17-22-7-5-15-34-22/h2-3,5,7-13,15,21H,4,6,14,16-18H2,1H3,(H,27,31)(H,28,30)/t21-/m0/s1. The van der Waals surface area contributed by atoms with E-state index in [0.29, 0.717) is 35.8 Å². The van der Waals surface area contributed by atoms with Crippen molar-refractivity contribution in [2.45, 2.75) is 25.5 Å². The molecule has 0 aliphatic carbocycles. The third kappa shape index (κ3) is 6.66. The van der Waals surface area contributed by atoms with Crippen LogP contribution in [0.2, 0.25) is 0 Å². The molecule has 8 heteroatoms. The van der Waals surface area contributed by atoms with Gasteiger partial charge in [0.15, 0.2) is 0 Å². The zero-order valence-electron chi connectivity index (χ0n) is 19.2. The van der Waals surface area contributed by atoms with Crippen LogP contribution in [-0.4, -0.2) is 49.6 Å². The molecular weight excluding hydrogens is 450 g/mol. The van der Waals surface area contributed by atoms with E-state index in [9.17, 15) is 9.59 Å². The molecule has 3 aromatic rings. The van der Waals surface area contributed by atoms with Gasteiger partial charge in [0, 0.05) is 30.3 Å². The van der Waals surface area contributed by atoms with E-state index in [4.69, 9.17) is 9.47 Å². The summed E-state index contributed by atoms with van der Waals surface area (Å²) in [4.78, 5) is 29.2. The molecule has 34 heavy (non-hydrogen) atoms. The average molecular weight is 480 g/mol. The second-order valence-electron chi connectivity index (χ2n) is 8.16. The Morgan fingerprint density at radius 2 is 1.91 bits per heavy atom. The van der Waals surface area contributed by atoms with E-state index < -0.39 is 0 Å². The van der Waals surface area contributed by atoms with Crippen molar-refractivity contribution in [1.82, 2.24) is 4.90 Å². The van der Waals surface area contributed by atoms with Gasteiger partial charge in [-0.25, -0.2) is 0 Å². The Morgan fingerprint density at radius 3 is 2.62 bits per heavy atom. The van der Waals surface area contributed by atoms with Gasteiger partial charge in [-0.2, -0.15) is 0 Å². The van der Waals surface area contributed by atoms with Crippen LogP contribution in [0.3, 0.4) is 0 Å². The summed E-state index contributed by atoms with van der Waals surface area (Å²) in [6, 6.07) is 18.2. The molecule has 2 N–H and O–H groups in total. The summed E-state index contributed by atoms with van der Waals surface area (Å²) in [6.45, 7) is 2.38. The summed E-state index contributed by atoms with van der Waals surface area (Å²) in [6.07, 6.45) is 2.22. The monoisotopic (exact) mass is 479 g/mol. The first-order valence-electron chi connectivity index (χ1n) is 11.3. The highest BCUT2D eigenvalue weighted by Crippen LogP contribution is 2.21. The second-order valence-corrected chi connectivity index (χ2v) is 9.19. The van der Waals surface area contributed by atoms with Crippen LogP contribution in [0.5, 0.6) is 5.75 Å². The van der Waals surface area contributed by atoms with Crippen molar-refractivity contribution in [1.29, 1.82) is 0 Å². The molecule has 2 amide bonds. The lowest BCUT2D eigenvalue weighted by molar-refractivity contribution is -0.117. The molecule has 0 bridgehead atoms. The molecule has 2 aromatic carbocycles. The Labute approximate surface area is 203 Å². The van der Waals surface area contributed by atoms with Crippen LogP contribution in [-0.2, 0) is 16.1 Å². The Kier molecular flexibility index (Phi) is 8.30. The predicted molar refractivity (Wildman–Crippen MR) is 135 cm³/mol. The largest absolute Gasteiger partial charge is 0.497 e. The number of carbonyl (C=O) groups excluding carboxylic acids is 2. The zero-order valence-corrected chi connectivity index (χ0v) is 20.0. The van der Waals surface area contributed by atoms with Gasteiger partial charge in [-0.3, -0.25) is 14.5 Å². The summed E-state index contributed by atoms with van der Waals surface area (Å²) in [7, 11) is 1.59. The lowest BCUT2D eigenvalue weighted by Gasteiger charge is -2.24. The van der Waals surface area contributed by atoms with Crippen LogP contribution in [0.4, 0.5) is 11.4 Å². The number of para-hydroxylation sites is 1. The van der Waals surface area contributed by atoms with Gasteiger partial charge in [-0.1, -0.05) is 18.2 Å². The number of nitrogens with one attached hydrogen (secondary N) is 2. The van der Waals surface area contributed by atoms with Crippen molar-refractivity contribution in [2.75, 3.05) is 37.4 Å². The fraction of sp³-hybridized carbons (Fsp3) is 0.308.